The van der Waals surface area contributed by atoms with Crippen LogP contribution in [0.15, 0.2) is 12.3 Å². The highest BCUT2D eigenvalue weighted by atomic mass is 19.1. The molecule has 1 aromatic heterocycles. The Morgan fingerprint density at radius 1 is 1.23 bits per heavy atom. The standard InChI is InChI=1S/C25H34FN3O2/c1-24(31)8-5-17-16-6-9-25(2)20(18(16)11-22(26)19(17)12-24)3-4-21(25)23(30)14-29-10-7-15(13-27)28-29/h7,10,16-22,31H,3-6,8-9,11-12,14H2,1-2H3/t16-,17-,18-,19+,20+,21-,22-,24-,25+/m1/s1. The van der Waals surface area contributed by atoms with Crippen LogP contribution in [0.3, 0.4) is 0 Å². The molecule has 0 bridgehead atoms. The Labute approximate surface area is 184 Å². The van der Waals surface area contributed by atoms with E-state index in [9.17, 15) is 9.90 Å². The Morgan fingerprint density at radius 2 is 1.97 bits per heavy atom. The summed E-state index contributed by atoms with van der Waals surface area (Å²) >= 11 is 0. The highest BCUT2D eigenvalue weighted by Crippen LogP contribution is 2.65. The topological polar surface area (TPSA) is 78.9 Å². The molecule has 4 saturated carbocycles. The largest absolute Gasteiger partial charge is 0.390 e. The van der Waals surface area contributed by atoms with Gasteiger partial charge in [0.1, 0.15) is 12.2 Å². The van der Waals surface area contributed by atoms with Crippen LogP contribution in [0.4, 0.5) is 4.39 Å². The van der Waals surface area contributed by atoms with Crippen molar-refractivity contribution in [3.63, 3.8) is 0 Å². The van der Waals surface area contributed by atoms with Crippen molar-refractivity contribution in [2.75, 3.05) is 0 Å². The number of carbonyl (C=O) groups excluding carboxylic acids is 1. The minimum Gasteiger partial charge on any atom is -0.390 e. The SMILES string of the molecule is C[C@@]1(O)CC[C@@H]2[C@H]3CC[C@]4(C)[C@@H](C(=O)Cn5ccc(C#N)n5)CC[C@H]4[C@@H]3C[C@@H](F)[C@H]2C1. The van der Waals surface area contributed by atoms with Crippen LogP contribution in [0.1, 0.15) is 70.9 Å². The van der Waals surface area contributed by atoms with E-state index in [1.165, 1.54) is 0 Å². The number of carbonyl (C=O) groups is 1. The summed E-state index contributed by atoms with van der Waals surface area (Å²) in [6.45, 7) is 4.36. The van der Waals surface area contributed by atoms with E-state index in [0.29, 0.717) is 42.2 Å². The number of nitrogens with zero attached hydrogens (tertiary/aromatic N) is 3. The number of hydrogen-bond acceptors (Lipinski definition) is 4. The van der Waals surface area contributed by atoms with E-state index in [1.807, 2.05) is 13.0 Å². The molecule has 0 spiro atoms. The Hall–Kier alpha value is -1.74. The Bertz CT molecular complexity index is 905. The molecule has 4 aliphatic carbocycles. The number of fused-ring (bicyclic) bond motifs is 5. The number of nitriles is 1. The molecule has 1 heterocycles. The van der Waals surface area contributed by atoms with Crippen molar-refractivity contribution in [3.05, 3.63) is 18.0 Å². The first kappa shape index (κ1) is 21.1. The van der Waals surface area contributed by atoms with Gasteiger partial charge < -0.3 is 5.11 Å². The molecular weight excluding hydrogens is 393 g/mol. The number of aromatic nitrogens is 2. The number of alkyl halides is 1. The van der Waals surface area contributed by atoms with E-state index >= 15 is 4.39 Å². The third-order valence-electron chi connectivity index (χ3n) is 9.71. The molecule has 6 heteroatoms. The van der Waals surface area contributed by atoms with Crippen molar-refractivity contribution in [3.8, 4) is 6.07 Å². The number of Topliss-reactive ketones (excluding diaryl/α,β-unsaturated/α-hetero) is 1. The minimum atomic E-state index is -0.830. The van der Waals surface area contributed by atoms with Gasteiger partial charge in [0.25, 0.3) is 0 Å². The normalized spacial score (nSPS) is 46.5. The molecule has 0 saturated heterocycles. The zero-order valence-electron chi connectivity index (χ0n) is 18.6. The van der Waals surface area contributed by atoms with Crippen LogP contribution >= 0.6 is 0 Å². The van der Waals surface area contributed by atoms with Gasteiger partial charge in [-0.25, -0.2) is 4.39 Å². The van der Waals surface area contributed by atoms with Crippen LogP contribution in [0.25, 0.3) is 0 Å². The third-order valence-corrected chi connectivity index (χ3v) is 9.71. The molecule has 5 nitrogen and oxygen atoms in total. The quantitative estimate of drug-likeness (QED) is 0.780. The first-order valence-corrected chi connectivity index (χ1v) is 12.0. The molecule has 0 amide bonds. The summed E-state index contributed by atoms with van der Waals surface area (Å²) in [5.41, 5.74) is -0.443. The molecule has 5 rings (SSSR count). The second-order valence-corrected chi connectivity index (χ2v) is 11.4. The smallest absolute Gasteiger partial charge is 0.162 e. The van der Waals surface area contributed by atoms with Crippen molar-refractivity contribution in [1.29, 1.82) is 5.26 Å². The van der Waals surface area contributed by atoms with Gasteiger partial charge in [-0.15, -0.1) is 0 Å². The van der Waals surface area contributed by atoms with Crippen LogP contribution in [0.2, 0.25) is 0 Å². The van der Waals surface area contributed by atoms with E-state index in [-0.39, 0.29) is 29.6 Å². The van der Waals surface area contributed by atoms with Crippen LogP contribution in [0, 0.1) is 52.3 Å². The van der Waals surface area contributed by atoms with Crippen molar-refractivity contribution >= 4 is 5.78 Å². The van der Waals surface area contributed by atoms with Gasteiger partial charge >= 0.3 is 0 Å². The molecule has 0 radical (unpaired) electrons. The minimum absolute atomic E-state index is 0.00216. The van der Waals surface area contributed by atoms with Gasteiger partial charge in [0, 0.05) is 12.1 Å². The monoisotopic (exact) mass is 427 g/mol. The maximum atomic E-state index is 15.4. The Morgan fingerprint density at radius 3 is 2.71 bits per heavy atom. The van der Waals surface area contributed by atoms with Gasteiger partial charge in [-0.2, -0.15) is 10.4 Å². The first-order valence-electron chi connectivity index (χ1n) is 12.0. The van der Waals surface area contributed by atoms with Crippen molar-refractivity contribution in [2.24, 2.45) is 40.9 Å². The second-order valence-electron chi connectivity index (χ2n) is 11.4. The van der Waals surface area contributed by atoms with Crippen LogP contribution < -0.4 is 0 Å². The average Bonchev–Trinajstić information content (AvgIpc) is 3.31. The van der Waals surface area contributed by atoms with Gasteiger partial charge in [-0.3, -0.25) is 9.48 Å². The van der Waals surface area contributed by atoms with Crippen LogP contribution in [-0.2, 0) is 11.3 Å². The Kier molecular flexibility index (Phi) is 5.04. The summed E-state index contributed by atoms with van der Waals surface area (Å²) in [4.78, 5) is 13.3. The number of hydrogen-bond donors (Lipinski definition) is 1. The zero-order chi connectivity index (χ0) is 22.0. The molecule has 1 aromatic rings. The summed E-state index contributed by atoms with van der Waals surface area (Å²) in [5.74, 6) is 1.92. The summed E-state index contributed by atoms with van der Waals surface area (Å²) < 4.78 is 17.0. The summed E-state index contributed by atoms with van der Waals surface area (Å²) in [6.07, 6.45) is 7.80. The van der Waals surface area contributed by atoms with Gasteiger partial charge in [0.15, 0.2) is 11.5 Å². The molecule has 0 unspecified atom stereocenters. The van der Waals surface area contributed by atoms with E-state index in [4.69, 9.17) is 5.26 Å². The fourth-order valence-electron chi connectivity index (χ4n) is 8.31. The summed E-state index contributed by atoms with van der Waals surface area (Å²) in [6, 6.07) is 3.65. The number of aliphatic hydroxyl groups is 1. The fraction of sp³-hybridized carbons (Fsp3) is 0.800. The maximum Gasteiger partial charge on any atom is 0.162 e. The molecule has 31 heavy (non-hydrogen) atoms. The Balaban J connectivity index is 1.33. The summed E-state index contributed by atoms with van der Waals surface area (Å²) in [7, 11) is 0. The highest BCUT2D eigenvalue weighted by molar-refractivity contribution is 5.82. The van der Waals surface area contributed by atoms with E-state index in [2.05, 4.69) is 12.0 Å². The van der Waals surface area contributed by atoms with E-state index < -0.39 is 11.8 Å². The molecule has 4 fully saturated rings. The van der Waals surface area contributed by atoms with Crippen molar-refractivity contribution in [2.45, 2.75) is 83.5 Å². The highest BCUT2D eigenvalue weighted by Gasteiger charge is 2.60. The second kappa shape index (κ2) is 7.40. The molecule has 1 N–H and O–H groups in total. The van der Waals surface area contributed by atoms with Gasteiger partial charge in [0.2, 0.25) is 0 Å². The van der Waals surface area contributed by atoms with Crippen molar-refractivity contribution in [1.82, 2.24) is 9.78 Å². The fourth-order valence-corrected chi connectivity index (χ4v) is 8.31. The molecular formula is C25H34FN3O2. The number of rotatable bonds is 3. The predicted octanol–water partition coefficient (Wildman–Crippen LogP) is 4.29. The maximum absolute atomic E-state index is 15.4. The van der Waals surface area contributed by atoms with Crippen molar-refractivity contribution < 1.29 is 14.3 Å². The first-order chi connectivity index (χ1) is 14.7. The summed E-state index contributed by atoms with van der Waals surface area (Å²) in [5, 5.41) is 23.7. The number of halogens is 1. The zero-order valence-corrected chi connectivity index (χ0v) is 18.6. The predicted molar refractivity (Wildman–Crippen MR) is 113 cm³/mol. The van der Waals surface area contributed by atoms with E-state index in [0.717, 1.165) is 38.5 Å². The molecule has 0 aromatic carbocycles. The third kappa shape index (κ3) is 3.44. The van der Waals surface area contributed by atoms with Gasteiger partial charge in [-0.1, -0.05) is 6.92 Å². The average molecular weight is 428 g/mol. The molecule has 0 aliphatic heterocycles. The van der Waals surface area contributed by atoms with Crippen LogP contribution in [-0.4, -0.2) is 32.4 Å². The lowest BCUT2D eigenvalue weighted by atomic mass is 9.48. The number of ketones is 1. The van der Waals surface area contributed by atoms with Gasteiger partial charge in [0.05, 0.1) is 12.1 Å². The molecule has 4 aliphatic rings. The molecule has 168 valence electrons. The van der Waals surface area contributed by atoms with Gasteiger partial charge in [-0.05, 0) is 99.4 Å². The lowest BCUT2D eigenvalue weighted by Crippen LogP contribution is -2.54. The lowest BCUT2D eigenvalue weighted by Gasteiger charge is -2.57. The van der Waals surface area contributed by atoms with E-state index in [1.54, 1.807) is 16.9 Å². The lowest BCUT2D eigenvalue weighted by molar-refractivity contribution is -0.139. The van der Waals surface area contributed by atoms with Crippen LogP contribution in [0.5, 0.6) is 0 Å². The molecule has 9 atom stereocenters.